The van der Waals surface area contributed by atoms with Crippen LogP contribution in [0.25, 0.3) is 0 Å². The fraction of sp³-hybridized carbons (Fsp3) is 0.571. The molecule has 4 heteroatoms. The number of ether oxygens (including phenoxy) is 1. The van der Waals surface area contributed by atoms with Crippen LogP contribution in [0.15, 0.2) is 18.3 Å². The number of rotatable bonds is 4. The van der Waals surface area contributed by atoms with E-state index in [1.54, 1.807) is 18.3 Å². The maximum absolute atomic E-state index is 8.78. The first-order valence-electron chi connectivity index (χ1n) is 6.45. The predicted octanol–water partition coefficient (Wildman–Crippen LogP) is 2.06. The Labute approximate surface area is 108 Å². The molecule has 1 aromatic rings. The number of pyridine rings is 1. The Morgan fingerprint density at radius 1 is 1.50 bits per heavy atom. The van der Waals surface area contributed by atoms with E-state index < -0.39 is 0 Å². The number of likely N-dealkylation sites (tertiary alicyclic amines) is 1. The zero-order valence-electron chi connectivity index (χ0n) is 10.8. The third kappa shape index (κ3) is 3.71. The van der Waals surface area contributed by atoms with Crippen LogP contribution in [0.3, 0.4) is 0 Å². The fourth-order valence-corrected chi connectivity index (χ4v) is 2.24. The molecule has 0 amide bonds. The van der Waals surface area contributed by atoms with Gasteiger partial charge in [0.05, 0.1) is 18.2 Å². The lowest BCUT2D eigenvalue weighted by atomic mass is 9.94. The summed E-state index contributed by atoms with van der Waals surface area (Å²) in [6.07, 6.45) is 5.20. The summed E-state index contributed by atoms with van der Waals surface area (Å²) in [5.74, 6) is 1.32. The Morgan fingerprint density at radius 2 is 2.28 bits per heavy atom. The lowest BCUT2D eigenvalue weighted by molar-refractivity contribution is 0.185. The summed E-state index contributed by atoms with van der Waals surface area (Å²) in [5.41, 5.74) is 0.597. The highest BCUT2D eigenvalue weighted by atomic mass is 16.5. The lowest BCUT2D eigenvalue weighted by Gasteiger charge is -2.28. The Bertz CT molecular complexity index is 419. The van der Waals surface area contributed by atoms with Gasteiger partial charge >= 0.3 is 0 Å². The number of aromatic nitrogens is 1. The molecule has 0 bridgehead atoms. The van der Waals surface area contributed by atoms with E-state index in [1.807, 2.05) is 0 Å². The van der Waals surface area contributed by atoms with Gasteiger partial charge < -0.3 is 9.64 Å². The molecule has 0 N–H and O–H groups in total. The largest absolute Gasteiger partial charge is 0.478 e. The Kier molecular flexibility index (Phi) is 4.54. The molecule has 0 unspecified atom stereocenters. The second-order valence-corrected chi connectivity index (χ2v) is 4.88. The highest BCUT2D eigenvalue weighted by Gasteiger charge is 2.16. The van der Waals surface area contributed by atoms with E-state index in [1.165, 1.54) is 25.9 Å². The van der Waals surface area contributed by atoms with Crippen molar-refractivity contribution in [3.05, 3.63) is 23.9 Å². The third-order valence-electron chi connectivity index (χ3n) is 3.48. The number of nitriles is 1. The van der Waals surface area contributed by atoms with Gasteiger partial charge in [0.15, 0.2) is 0 Å². The van der Waals surface area contributed by atoms with E-state index in [9.17, 15) is 0 Å². The van der Waals surface area contributed by atoms with Crippen molar-refractivity contribution in [2.24, 2.45) is 5.92 Å². The summed E-state index contributed by atoms with van der Waals surface area (Å²) < 4.78 is 5.60. The first kappa shape index (κ1) is 12.8. The van der Waals surface area contributed by atoms with Crippen molar-refractivity contribution < 1.29 is 4.74 Å². The van der Waals surface area contributed by atoms with Gasteiger partial charge in [0, 0.05) is 12.3 Å². The number of nitrogens with zero attached hydrogens (tertiary/aromatic N) is 3. The fourth-order valence-electron chi connectivity index (χ4n) is 2.24. The summed E-state index contributed by atoms with van der Waals surface area (Å²) in [4.78, 5) is 6.47. The van der Waals surface area contributed by atoms with Crippen LogP contribution < -0.4 is 4.74 Å². The van der Waals surface area contributed by atoms with Gasteiger partial charge in [-0.2, -0.15) is 5.26 Å². The van der Waals surface area contributed by atoms with Crippen molar-refractivity contribution in [2.45, 2.75) is 19.3 Å². The molecule has 0 atom stereocenters. The number of hydrogen-bond donors (Lipinski definition) is 0. The lowest BCUT2D eigenvalue weighted by Crippen LogP contribution is -2.30. The second kappa shape index (κ2) is 6.36. The van der Waals surface area contributed by atoms with Crippen LogP contribution in [0.2, 0.25) is 0 Å². The SMILES string of the molecule is CN1CCC(CCOc2cc(C#N)ccn2)CC1. The summed E-state index contributed by atoms with van der Waals surface area (Å²) in [7, 11) is 2.17. The molecule has 0 aliphatic carbocycles. The van der Waals surface area contributed by atoms with Crippen LogP contribution in [-0.4, -0.2) is 36.6 Å². The van der Waals surface area contributed by atoms with Gasteiger partial charge in [0.2, 0.25) is 5.88 Å². The highest BCUT2D eigenvalue weighted by molar-refractivity contribution is 5.31. The molecule has 0 radical (unpaired) electrons. The molecule has 1 fully saturated rings. The van der Waals surface area contributed by atoms with Crippen LogP contribution >= 0.6 is 0 Å². The molecule has 2 heterocycles. The predicted molar refractivity (Wildman–Crippen MR) is 69.3 cm³/mol. The van der Waals surface area contributed by atoms with E-state index in [0.29, 0.717) is 18.1 Å². The maximum Gasteiger partial charge on any atom is 0.214 e. The zero-order valence-corrected chi connectivity index (χ0v) is 10.8. The van der Waals surface area contributed by atoms with Crippen molar-refractivity contribution in [3.8, 4) is 11.9 Å². The Morgan fingerprint density at radius 3 is 3.00 bits per heavy atom. The van der Waals surface area contributed by atoms with Crippen LogP contribution in [-0.2, 0) is 0 Å². The molecule has 96 valence electrons. The minimum atomic E-state index is 0.557. The molecule has 0 aromatic carbocycles. The van der Waals surface area contributed by atoms with Crippen LogP contribution in [0.5, 0.6) is 5.88 Å². The Hall–Kier alpha value is -1.60. The molecular formula is C14H19N3O. The molecule has 4 nitrogen and oxygen atoms in total. The molecular weight excluding hydrogens is 226 g/mol. The molecule has 18 heavy (non-hydrogen) atoms. The van der Waals surface area contributed by atoms with Crippen LogP contribution in [0.4, 0.5) is 0 Å². The topological polar surface area (TPSA) is 49.1 Å². The standard InChI is InChI=1S/C14H19N3O/c1-17-7-3-12(4-8-17)5-9-18-14-10-13(11-15)2-6-16-14/h2,6,10,12H,3-5,7-9H2,1H3. The number of piperidine rings is 1. The van der Waals surface area contributed by atoms with Gasteiger partial charge in [-0.3, -0.25) is 0 Å². The minimum absolute atomic E-state index is 0.557. The van der Waals surface area contributed by atoms with E-state index >= 15 is 0 Å². The molecule has 1 aromatic heterocycles. The van der Waals surface area contributed by atoms with E-state index in [4.69, 9.17) is 10.00 Å². The second-order valence-electron chi connectivity index (χ2n) is 4.88. The van der Waals surface area contributed by atoms with E-state index in [0.717, 1.165) is 12.3 Å². The van der Waals surface area contributed by atoms with Gasteiger partial charge in [-0.05, 0) is 51.4 Å². The third-order valence-corrected chi connectivity index (χ3v) is 3.48. The molecule has 0 spiro atoms. The van der Waals surface area contributed by atoms with Gasteiger partial charge in [0.25, 0.3) is 0 Å². The van der Waals surface area contributed by atoms with E-state index in [-0.39, 0.29) is 0 Å². The van der Waals surface area contributed by atoms with Gasteiger partial charge in [0.1, 0.15) is 0 Å². The first-order chi connectivity index (χ1) is 8.78. The van der Waals surface area contributed by atoms with Gasteiger partial charge in [-0.1, -0.05) is 0 Å². The summed E-state index contributed by atoms with van der Waals surface area (Å²) in [5, 5.41) is 8.78. The minimum Gasteiger partial charge on any atom is -0.478 e. The van der Waals surface area contributed by atoms with Crippen molar-refractivity contribution in [1.29, 1.82) is 5.26 Å². The van der Waals surface area contributed by atoms with Crippen molar-refractivity contribution in [2.75, 3.05) is 26.7 Å². The molecule has 2 rings (SSSR count). The normalized spacial score (nSPS) is 17.3. The number of hydrogen-bond acceptors (Lipinski definition) is 4. The molecule has 1 aliphatic heterocycles. The smallest absolute Gasteiger partial charge is 0.214 e. The zero-order chi connectivity index (χ0) is 12.8. The average Bonchev–Trinajstić information content (AvgIpc) is 2.41. The maximum atomic E-state index is 8.78. The molecule has 1 aliphatic rings. The van der Waals surface area contributed by atoms with Crippen LogP contribution in [0.1, 0.15) is 24.8 Å². The highest BCUT2D eigenvalue weighted by Crippen LogP contribution is 2.19. The van der Waals surface area contributed by atoms with Gasteiger partial charge in [-0.15, -0.1) is 0 Å². The van der Waals surface area contributed by atoms with Crippen molar-refractivity contribution in [1.82, 2.24) is 9.88 Å². The Balaban J connectivity index is 1.73. The van der Waals surface area contributed by atoms with Gasteiger partial charge in [-0.25, -0.2) is 4.98 Å². The van der Waals surface area contributed by atoms with E-state index in [2.05, 4.69) is 23.0 Å². The van der Waals surface area contributed by atoms with Crippen molar-refractivity contribution >= 4 is 0 Å². The summed E-state index contributed by atoms with van der Waals surface area (Å²) in [6, 6.07) is 5.46. The quantitative estimate of drug-likeness (QED) is 0.814. The monoisotopic (exact) mass is 245 g/mol. The first-order valence-corrected chi connectivity index (χ1v) is 6.45. The molecule has 0 saturated carbocycles. The van der Waals surface area contributed by atoms with Crippen molar-refractivity contribution in [3.63, 3.8) is 0 Å². The summed E-state index contributed by atoms with van der Waals surface area (Å²) >= 11 is 0. The average molecular weight is 245 g/mol. The van der Waals surface area contributed by atoms with Crippen LogP contribution in [0, 0.1) is 17.2 Å². The summed E-state index contributed by atoms with van der Waals surface area (Å²) in [6.45, 7) is 3.07. The molecule has 1 saturated heterocycles.